The Kier molecular flexibility index (Phi) is 6.85. The molecule has 0 spiro atoms. The minimum atomic E-state index is -0.0850. The Labute approximate surface area is 186 Å². The van der Waals surface area contributed by atoms with Gasteiger partial charge in [0.2, 0.25) is 0 Å². The Hall–Kier alpha value is -2.18. The van der Waals surface area contributed by atoms with Gasteiger partial charge >= 0.3 is 0 Å². The van der Waals surface area contributed by atoms with Gasteiger partial charge in [0, 0.05) is 34.1 Å². The molecule has 30 heavy (non-hydrogen) atoms. The van der Waals surface area contributed by atoms with Crippen LogP contribution >= 0.6 is 22.9 Å². The van der Waals surface area contributed by atoms with E-state index < -0.39 is 0 Å². The van der Waals surface area contributed by atoms with E-state index in [0.29, 0.717) is 18.8 Å². The molecule has 1 amide bonds. The standard InChI is InChI=1S/C24H25ClN2O2S/c1-2-20-16-21(24(30-20)26-23(28)18-6-4-3-5-7-18)22(27-12-14-29-15-13-27)17-8-10-19(25)11-9-17/h3-11,16,22H,2,12-15H2,1H3,(H,26,28)/t22-/m1/s1. The monoisotopic (exact) mass is 440 g/mol. The summed E-state index contributed by atoms with van der Waals surface area (Å²) in [5.41, 5.74) is 2.95. The molecule has 3 aromatic rings. The van der Waals surface area contributed by atoms with E-state index in [1.54, 1.807) is 11.3 Å². The summed E-state index contributed by atoms with van der Waals surface area (Å²) in [5, 5.41) is 4.81. The SMILES string of the molecule is CCc1cc([C@@H](c2ccc(Cl)cc2)N2CCOCC2)c(NC(=O)c2ccccc2)s1. The van der Waals surface area contributed by atoms with Crippen LogP contribution in [0.2, 0.25) is 5.02 Å². The topological polar surface area (TPSA) is 41.6 Å². The van der Waals surface area contributed by atoms with Crippen molar-refractivity contribution in [3.63, 3.8) is 0 Å². The first-order valence-electron chi connectivity index (χ1n) is 10.2. The molecule has 2 heterocycles. The summed E-state index contributed by atoms with van der Waals surface area (Å²) >= 11 is 7.81. The predicted molar refractivity (Wildman–Crippen MR) is 124 cm³/mol. The van der Waals surface area contributed by atoms with E-state index in [1.807, 2.05) is 42.5 Å². The molecule has 0 saturated carbocycles. The summed E-state index contributed by atoms with van der Waals surface area (Å²) < 4.78 is 5.59. The maximum Gasteiger partial charge on any atom is 0.256 e. The molecule has 0 bridgehead atoms. The Balaban J connectivity index is 1.73. The maximum absolute atomic E-state index is 12.9. The second kappa shape index (κ2) is 9.75. The van der Waals surface area contributed by atoms with E-state index in [4.69, 9.17) is 16.3 Å². The highest BCUT2D eigenvalue weighted by Gasteiger charge is 2.28. The van der Waals surface area contributed by atoms with Crippen LogP contribution in [-0.4, -0.2) is 37.1 Å². The van der Waals surface area contributed by atoms with Gasteiger partial charge < -0.3 is 10.1 Å². The number of carbonyl (C=O) groups excluding carboxylic acids is 1. The van der Waals surface area contributed by atoms with Gasteiger partial charge in [-0.3, -0.25) is 9.69 Å². The number of hydrogen-bond acceptors (Lipinski definition) is 4. The third-order valence-electron chi connectivity index (χ3n) is 5.31. The van der Waals surface area contributed by atoms with Crippen molar-refractivity contribution < 1.29 is 9.53 Å². The average Bonchev–Trinajstić information content (AvgIpc) is 3.19. The molecule has 1 aliphatic heterocycles. The van der Waals surface area contributed by atoms with E-state index in [0.717, 1.165) is 40.7 Å². The first-order valence-corrected chi connectivity index (χ1v) is 11.4. The molecular weight excluding hydrogens is 416 g/mol. The maximum atomic E-state index is 12.9. The molecule has 6 heteroatoms. The third-order valence-corrected chi connectivity index (χ3v) is 6.78. The van der Waals surface area contributed by atoms with Crippen molar-refractivity contribution in [1.29, 1.82) is 0 Å². The number of anilines is 1. The van der Waals surface area contributed by atoms with Crippen molar-refractivity contribution in [2.75, 3.05) is 31.6 Å². The van der Waals surface area contributed by atoms with Crippen LogP contribution in [0.5, 0.6) is 0 Å². The summed E-state index contributed by atoms with van der Waals surface area (Å²) in [6.07, 6.45) is 0.926. The molecule has 4 nitrogen and oxygen atoms in total. The fourth-order valence-corrected chi connectivity index (χ4v) is 4.92. The number of amides is 1. The lowest BCUT2D eigenvalue weighted by Crippen LogP contribution is -2.39. The Morgan fingerprint density at radius 2 is 1.83 bits per heavy atom. The van der Waals surface area contributed by atoms with Gasteiger partial charge in [-0.05, 0) is 42.3 Å². The van der Waals surface area contributed by atoms with Gasteiger partial charge in [-0.25, -0.2) is 0 Å². The quantitative estimate of drug-likeness (QED) is 0.539. The largest absolute Gasteiger partial charge is 0.379 e. The molecule has 2 aromatic carbocycles. The Bertz CT molecular complexity index is 982. The second-order valence-corrected chi connectivity index (χ2v) is 8.85. The Morgan fingerprint density at radius 3 is 2.50 bits per heavy atom. The summed E-state index contributed by atoms with van der Waals surface area (Å²) in [5.74, 6) is -0.0850. The fourth-order valence-electron chi connectivity index (χ4n) is 3.77. The molecule has 1 N–H and O–H groups in total. The number of rotatable bonds is 6. The normalized spacial score (nSPS) is 15.7. The van der Waals surface area contributed by atoms with Crippen molar-refractivity contribution in [3.05, 3.63) is 87.3 Å². The molecule has 1 aromatic heterocycles. The Morgan fingerprint density at radius 1 is 1.13 bits per heavy atom. The summed E-state index contributed by atoms with van der Waals surface area (Å²) in [4.78, 5) is 16.6. The summed E-state index contributed by atoms with van der Waals surface area (Å²) in [7, 11) is 0. The van der Waals surface area contributed by atoms with Gasteiger partial charge in [0.15, 0.2) is 0 Å². The molecule has 1 atom stereocenters. The fraction of sp³-hybridized carbons (Fsp3) is 0.292. The van der Waals surface area contributed by atoms with E-state index in [1.165, 1.54) is 4.88 Å². The number of nitrogens with zero attached hydrogens (tertiary/aromatic N) is 1. The van der Waals surface area contributed by atoms with Gasteiger partial charge in [-0.2, -0.15) is 0 Å². The number of hydrogen-bond donors (Lipinski definition) is 1. The van der Waals surface area contributed by atoms with Gasteiger partial charge in [0.25, 0.3) is 5.91 Å². The van der Waals surface area contributed by atoms with Crippen LogP contribution < -0.4 is 5.32 Å². The van der Waals surface area contributed by atoms with Crippen LogP contribution in [0.25, 0.3) is 0 Å². The van der Waals surface area contributed by atoms with Crippen LogP contribution in [0.3, 0.4) is 0 Å². The van der Waals surface area contributed by atoms with Crippen molar-refractivity contribution >= 4 is 33.8 Å². The van der Waals surface area contributed by atoms with Crippen molar-refractivity contribution in [2.24, 2.45) is 0 Å². The van der Waals surface area contributed by atoms with E-state index in [-0.39, 0.29) is 11.9 Å². The van der Waals surface area contributed by atoms with Crippen LogP contribution in [0, 0.1) is 0 Å². The van der Waals surface area contributed by atoms with Crippen LogP contribution in [0.15, 0.2) is 60.7 Å². The molecule has 1 saturated heterocycles. The van der Waals surface area contributed by atoms with E-state index >= 15 is 0 Å². The van der Waals surface area contributed by atoms with Crippen LogP contribution in [0.1, 0.15) is 39.3 Å². The highest BCUT2D eigenvalue weighted by Crippen LogP contribution is 2.40. The number of carbonyl (C=O) groups is 1. The molecule has 0 radical (unpaired) electrons. The number of thiophene rings is 1. The zero-order chi connectivity index (χ0) is 20.9. The first kappa shape index (κ1) is 21.1. The highest BCUT2D eigenvalue weighted by atomic mass is 35.5. The van der Waals surface area contributed by atoms with Gasteiger partial charge in [0.1, 0.15) is 5.00 Å². The molecule has 0 unspecified atom stereocenters. The van der Waals surface area contributed by atoms with Crippen LogP contribution in [-0.2, 0) is 11.2 Å². The zero-order valence-corrected chi connectivity index (χ0v) is 18.5. The molecule has 0 aliphatic carbocycles. The van der Waals surface area contributed by atoms with Gasteiger partial charge in [0.05, 0.1) is 19.3 Å². The molecule has 1 aliphatic rings. The average molecular weight is 441 g/mol. The van der Waals surface area contributed by atoms with Gasteiger partial charge in [-0.1, -0.05) is 48.9 Å². The second-order valence-electron chi connectivity index (χ2n) is 7.27. The summed E-state index contributed by atoms with van der Waals surface area (Å²) in [6.45, 7) is 5.25. The minimum absolute atomic E-state index is 0.0359. The van der Waals surface area contributed by atoms with Crippen molar-refractivity contribution in [1.82, 2.24) is 4.90 Å². The molecule has 1 fully saturated rings. The first-order chi connectivity index (χ1) is 14.7. The summed E-state index contributed by atoms with van der Waals surface area (Å²) in [6, 6.07) is 19.6. The number of halogens is 1. The lowest BCUT2D eigenvalue weighted by atomic mass is 9.97. The van der Waals surface area contributed by atoms with E-state index in [2.05, 4.69) is 35.3 Å². The number of ether oxygens (including phenoxy) is 1. The van der Waals surface area contributed by atoms with Crippen LogP contribution in [0.4, 0.5) is 5.00 Å². The van der Waals surface area contributed by atoms with Crippen molar-refractivity contribution in [3.8, 4) is 0 Å². The number of nitrogens with one attached hydrogen (secondary N) is 1. The smallest absolute Gasteiger partial charge is 0.256 e. The number of morpholine rings is 1. The molecular formula is C24H25ClN2O2S. The zero-order valence-electron chi connectivity index (χ0n) is 16.9. The number of benzene rings is 2. The number of aryl methyl sites for hydroxylation is 1. The lowest BCUT2D eigenvalue weighted by Gasteiger charge is -2.35. The minimum Gasteiger partial charge on any atom is -0.379 e. The molecule has 4 rings (SSSR count). The van der Waals surface area contributed by atoms with Crippen molar-refractivity contribution in [2.45, 2.75) is 19.4 Å². The third kappa shape index (κ3) is 4.76. The predicted octanol–water partition coefficient (Wildman–Crippen LogP) is 5.64. The highest BCUT2D eigenvalue weighted by molar-refractivity contribution is 7.16. The lowest BCUT2D eigenvalue weighted by molar-refractivity contribution is 0.0241. The molecule has 156 valence electrons. The van der Waals surface area contributed by atoms with Gasteiger partial charge in [-0.15, -0.1) is 11.3 Å². The van der Waals surface area contributed by atoms with E-state index in [9.17, 15) is 4.79 Å².